The average Bonchev–Trinajstić information content (AvgIpc) is 2.78. The normalized spacial score (nSPS) is 23.9. The third-order valence-electron chi connectivity index (χ3n) is 3.85. The average molecular weight is 251 g/mol. The van der Waals surface area contributed by atoms with Crippen LogP contribution in [-0.4, -0.2) is 5.24 Å². The van der Waals surface area contributed by atoms with Gasteiger partial charge >= 0.3 is 0 Å². The van der Waals surface area contributed by atoms with E-state index in [0.717, 1.165) is 5.92 Å². The first-order chi connectivity index (χ1) is 8.20. The Morgan fingerprint density at radius 1 is 1.29 bits per heavy atom. The number of carbonyl (C=O) groups excluding carboxylic acids is 1. The van der Waals surface area contributed by atoms with E-state index >= 15 is 0 Å². The third kappa shape index (κ3) is 3.10. The molecule has 1 saturated carbocycles. The molecule has 1 fully saturated rings. The molecule has 1 aliphatic rings. The highest BCUT2D eigenvalue weighted by atomic mass is 35.5. The Kier molecular flexibility index (Phi) is 4.22. The van der Waals surface area contributed by atoms with Crippen molar-refractivity contribution in [3.8, 4) is 0 Å². The third-order valence-corrected chi connectivity index (χ3v) is 4.07. The fraction of sp³-hybridized carbons (Fsp3) is 0.533. The van der Waals surface area contributed by atoms with Crippen LogP contribution in [0.15, 0.2) is 24.3 Å². The van der Waals surface area contributed by atoms with Crippen molar-refractivity contribution in [3.63, 3.8) is 0 Å². The maximum absolute atomic E-state index is 11.0. The van der Waals surface area contributed by atoms with Crippen LogP contribution in [0.3, 0.4) is 0 Å². The van der Waals surface area contributed by atoms with Crippen LogP contribution in [0.2, 0.25) is 0 Å². The van der Waals surface area contributed by atoms with E-state index in [4.69, 9.17) is 11.6 Å². The Balaban J connectivity index is 2.01. The zero-order chi connectivity index (χ0) is 12.3. The first-order valence-electron chi connectivity index (χ1n) is 6.50. The van der Waals surface area contributed by atoms with E-state index in [2.05, 4.69) is 19.1 Å². The summed E-state index contributed by atoms with van der Waals surface area (Å²) in [6, 6.07) is 7.82. The zero-order valence-corrected chi connectivity index (χ0v) is 11.0. The fourth-order valence-corrected chi connectivity index (χ4v) is 3.06. The molecule has 2 unspecified atom stereocenters. The smallest absolute Gasteiger partial charge is 0.252 e. The van der Waals surface area contributed by atoms with Gasteiger partial charge in [-0.2, -0.15) is 0 Å². The van der Waals surface area contributed by atoms with Crippen LogP contribution in [0.1, 0.15) is 60.9 Å². The number of carbonyl (C=O) groups is 1. The Morgan fingerprint density at radius 2 is 2.00 bits per heavy atom. The van der Waals surface area contributed by atoms with E-state index in [9.17, 15) is 4.79 Å². The minimum atomic E-state index is -0.369. The lowest BCUT2D eigenvalue weighted by molar-refractivity contribution is 0.108. The summed E-state index contributed by atoms with van der Waals surface area (Å²) in [5, 5.41) is -0.369. The molecule has 0 amide bonds. The van der Waals surface area contributed by atoms with Gasteiger partial charge in [0.15, 0.2) is 0 Å². The van der Waals surface area contributed by atoms with E-state index in [1.54, 1.807) is 0 Å². The Labute approximate surface area is 108 Å². The van der Waals surface area contributed by atoms with Crippen molar-refractivity contribution < 1.29 is 4.79 Å². The number of rotatable bonds is 4. The van der Waals surface area contributed by atoms with E-state index in [0.29, 0.717) is 11.5 Å². The molecule has 1 aliphatic carbocycles. The largest absolute Gasteiger partial charge is 0.276 e. The summed E-state index contributed by atoms with van der Waals surface area (Å²) in [5.41, 5.74) is 1.96. The van der Waals surface area contributed by atoms with E-state index < -0.39 is 0 Å². The highest BCUT2D eigenvalue weighted by Gasteiger charge is 2.25. The van der Waals surface area contributed by atoms with Gasteiger partial charge in [-0.15, -0.1) is 0 Å². The van der Waals surface area contributed by atoms with Crippen LogP contribution >= 0.6 is 11.6 Å². The molecular formula is C15H19ClO. The van der Waals surface area contributed by atoms with Gasteiger partial charge in [-0.05, 0) is 60.4 Å². The van der Waals surface area contributed by atoms with Crippen LogP contribution < -0.4 is 0 Å². The van der Waals surface area contributed by atoms with Crippen LogP contribution in [0.4, 0.5) is 0 Å². The molecule has 92 valence electrons. The van der Waals surface area contributed by atoms with Crippen molar-refractivity contribution in [1.82, 2.24) is 0 Å². The van der Waals surface area contributed by atoms with Crippen LogP contribution in [-0.2, 0) is 0 Å². The number of halogens is 1. The van der Waals surface area contributed by atoms with Crippen molar-refractivity contribution in [2.75, 3.05) is 0 Å². The predicted octanol–water partition coefficient (Wildman–Crippen LogP) is 4.75. The van der Waals surface area contributed by atoms with Gasteiger partial charge < -0.3 is 0 Å². The molecule has 0 bridgehead atoms. The Morgan fingerprint density at radius 3 is 2.59 bits per heavy atom. The van der Waals surface area contributed by atoms with Gasteiger partial charge in [0.1, 0.15) is 0 Å². The van der Waals surface area contributed by atoms with Crippen molar-refractivity contribution in [3.05, 3.63) is 35.4 Å². The molecule has 0 heterocycles. The van der Waals surface area contributed by atoms with Crippen molar-refractivity contribution >= 4 is 16.8 Å². The summed E-state index contributed by atoms with van der Waals surface area (Å²) in [4.78, 5) is 11.0. The predicted molar refractivity (Wildman–Crippen MR) is 71.6 cm³/mol. The quantitative estimate of drug-likeness (QED) is 0.705. The van der Waals surface area contributed by atoms with Crippen molar-refractivity contribution in [2.24, 2.45) is 5.92 Å². The molecule has 2 heteroatoms. The van der Waals surface area contributed by atoms with Crippen LogP contribution in [0.5, 0.6) is 0 Å². The molecule has 0 radical (unpaired) electrons. The SMILES string of the molecule is CCCC1CCC(c2ccc(C(=O)Cl)cc2)C1. The molecule has 0 aromatic heterocycles. The van der Waals surface area contributed by atoms with Gasteiger partial charge in [0.2, 0.25) is 0 Å². The summed E-state index contributed by atoms with van der Waals surface area (Å²) in [7, 11) is 0. The molecule has 1 aromatic rings. The van der Waals surface area contributed by atoms with Gasteiger partial charge in [-0.3, -0.25) is 4.79 Å². The molecule has 0 aliphatic heterocycles. The lowest BCUT2D eigenvalue weighted by Gasteiger charge is -2.11. The van der Waals surface area contributed by atoms with Gasteiger partial charge in [-0.1, -0.05) is 31.9 Å². The van der Waals surface area contributed by atoms with E-state index in [1.165, 1.54) is 37.7 Å². The number of hydrogen-bond donors (Lipinski definition) is 0. The highest BCUT2D eigenvalue weighted by Crippen LogP contribution is 2.40. The first-order valence-corrected chi connectivity index (χ1v) is 6.88. The summed E-state index contributed by atoms with van der Waals surface area (Å²) < 4.78 is 0. The fourth-order valence-electron chi connectivity index (χ4n) is 2.93. The van der Waals surface area contributed by atoms with Gasteiger partial charge in [0, 0.05) is 5.56 Å². The first kappa shape index (κ1) is 12.6. The second-order valence-corrected chi connectivity index (χ2v) is 5.40. The highest BCUT2D eigenvalue weighted by molar-refractivity contribution is 6.67. The molecule has 1 nitrogen and oxygen atoms in total. The second-order valence-electron chi connectivity index (χ2n) is 5.06. The summed E-state index contributed by atoms with van der Waals surface area (Å²) in [6.45, 7) is 2.26. The standard InChI is InChI=1S/C15H19ClO/c1-2-3-11-4-5-14(10-11)12-6-8-13(9-7-12)15(16)17/h6-9,11,14H,2-5,10H2,1H3. The molecular weight excluding hydrogens is 232 g/mol. The van der Waals surface area contributed by atoms with E-state index in [-0.39, 0.29) is 5.24 Å². The minimum Gasteiger partial charge on any atom is -0.276 e. The van der Waals surface area contributed by atoms with Gasteiger partial charge in [0.25, 0.3) is 5.24 Å². The van der Waals surface area contributed by atoms with E-state index in [1.807, 2.05) is 12.1 Å². The number of benzene rings is 1. The number of hydrogen-bond acceptors (Lipinski definition) is 1. The molecule has 1 aromatic carbocycles. The molecule has 0 saturated heterocycles. The molecule has 2 rings (SSSR count). The van der Waals surface area contributed by atoms with Crippen molar-refractivity contribution in [1.29, 1.82) is 0 Å². The lowest BCUT2D eigenvalue weighted by Crippen LogP contribution is -1.97. The molecule has 2 atom stereocenters. The monoisotopic (exact) mass is 250 g/mol. The minimum absolute atomic E-state index is 0.369. The Hall–Kier alpha value is -0.820. The van der Waals surface area contributed by atoms with Gasteiger partial charge in [-0.25, -0.2) is 0 Å². The van der Waals surface area contributed by atoms with Gasteiger partial charge in [0.05, 0.1) is 0 Å². The summed E-state index contributed by atoms with van der Waals surface area (Å²) >= 11 is 5.44. The maximum atomic E-state index is 11.0. The van der Waals surface area contributed by atoms with Crippen LogP contribution in [0.25, 0.3) is 0 Å². The lowest BCUT2D eigenvalue weighted by atomic mass is 9.94. The Bertz CT molecular complexity index is 382. The molecule has 0 spiro atoms. The maximum Gasteiger partial charge on any atom is 0.252 e. The molecule has 17 heavy (non-hydrogen) atoms. The second kappa shape index (κ2) is 5.68. The summed E-state index contributed by atoms with van der Waals surface area (Å²) in [5.74, 6) is 1.59. The summed E-state index contributed by atoms with van der Waals surface area (Å²) in [6.07, 6.45) is 6.60. The topological polar surface area (TPSA) is 17.1 Å². The zero-order valence-electron chi connectivity index (χ0n) is 10.3. The van der Waals surface area contributed by atoms with Crippen LogP contribution in [0, 0.1) is 5.92 Å². The molecule has 0 N–H and O–H groups in total. The van der Waals surface area contributed by atoms with Crippen molar-refractivity contribution in [2.45, 2.75) is 44.9 Å².